The molecule has 3 rings (SSSR count). The summed E-state index contributed by atoms with van der Waals surface area (Å²) in [6, 6.07) is 14.4. The monoisotopic (exact) mass is 362 g/mol. The molecule has 4 nitrogen and oxygen atoms in total. The van der Waals surface area contributed by atoms with Crippen molar-refractivity contribution in [2.75, 3.05) is 13.1 Å². The fraction of sp³-hybridized carbons (Fsp3) is 0.353. The van der Waals surface area contributed by atoms with Crippen molar-refractivity contribution in [3.05, 3.63) is 58.5 Å². The number of benzene rings is 1. The Morgan fingerprint density at radius 2 is 2.09 bits per heavy atom. The molecule has 0 spiro atoms. The van der Waals surface area contributed by atoms with Crippen molar-refractivity contribution in [2.45, 2.75) is 25.4 Å². The highest BCUT2D eigenvalue weighted by Gasteiger charge is 2.28. The van der Waals surface area contributed by atoms with Gasteiger partial charge in [-0.15, -0.1) is 0 Å². The minimum Gasteiger partial charge on any atom is -0.444 e. The quantitative estimate of drug-likeness (QED) is 0.903. The number of furan rings is 1. The molecule has 0 radical (unpaired) electrons. The Balaban J connectivity index is 1.57. The zero-order valence-corrected chi connectivity index (χ0v) is 14.0. The third-order valence-electron chi connectivity index (χ3n) is 4.18. The number of amides is 1. The molecule has 1 aromatic heterocycles. The first-order valence-electron chi connectivity index (χ1n) is 7.48. The molecule has 2 aromatic rings. The maximum absolute atomic E-state index is 12.1. The van der Waals surface area contributed by atoms with Gasteiger partial charge in [-0.3, -0.25) is 9.69 Å². The third-order valence-corrected chi connectivity index (χ3v) is 4.61. The molecule has 1 N–H and O–H groups in total. The summed E-state index contributed by atoms with van der Waals surface area (Å²) in [6.45, 7) is 4.07. The van der Waals surface area contributed by atoms with E-state index in [0.717, 1.165) is 19.5 Å². The Morgan fingerprint density at radius 3 is 2.77 bits per heavy atom. The van der Waals surface area contributed by atoms with E-state index in [9.17, 15) is 4.79 Å². The van der Waals surface area contributed by atoms with E-state index in [0.29, 0.717) is 16.5 Å². The summed E-state index contributed by atoms with van der Waals surface area (Å²) in [5.74, 6) is 0.200. The first-order chi connectivity index (χ1) is 10.6. The molecule has 1 aliphatic rings. The number of carbonyl (C=O) groups is 1. The van der Waals surface area contributed by atoms with Gasteiger partial charge in [0.15, 0.2) is 10.4 Å². The molecule has 5 heteroatoms. The second-order valence-corrected chi connectivity index (χ2v) is 6.43. The minimum absolute atomic E-state index is 0.148. The van der Waals surface area contributed by atoms with E-state index in [4.69, 9.17) is 4.42 Å². The highest BCUT2D eigenvalue weighted by molar-refractivity contribution is 9.10. The van der Waals surface area contributed by atoms with Crippen LogP contribution < -0.4 is 5.32 Å². The maximum atomic E-state index is 12.1. The standard InChI is InChI=1S/C17H19BrN2O2/c1-12(13-5-3-2-4-6-13)20-10-9-14(11-20)19-17(21)15-7-8-16(18)22-15/h2-8,12,14H,9-11H2,1H3,(H,19,21)/t12-,14-/m0/s1. The van der Waals surface area contributed by atoms with Crippen molar-refractivity contribution in [1.82, 2.24) is 10.2 Å². The summed E-state index contributed by atoms with van der Waals surface area (Å²) in [5, 5.41) is 3.05. The lowest BCUT2D eigenvalue weighted by Gasteiger charge is -2.24. The molecule has 0 aliphatic carbocycles. The zero-order chi connectivity index (χ0) is 15.5. The van der Waals surface area contributed by atoms with Gasteiger partial charge in [-0.1, -0.05) is 30.3 Å². The van der Waals surface area contributed by atoms with Gasteiger partial charge in [0.2, 0.25) is 0 Å². The molecular weight excluding hydrogens is 344 g/mol. The molecule has 1 aliphatic heterocycles. The molecule has 1 aromatic carbocycles. The second-order valence-electron chi connectivity index (χ2n) is 5.64. The first kappa shape index (κ1) is 15.3. The van der Waals surface area contributed by atoms with Gasteiger partial charge in [0.05, 0.1) is 0 Å². The van der Waals surface area contributed by atoms with Crippen molar-refractivity contribution >= 4 is 21.8 Å². The Labute approximate surface area is 138 Å². The van der Waals surface area contributed by atoms with Crippen LogP contribution in [0.4, 0.5) is 0 Å². The lowest BCUT2D eigenvalue weighted by atomic mass is 10.1. The van der Waals surface area contributed by atoms with Gasteiger partial charge >= 0.3 is 0 Å². The van der Waals surface area contributed by atoms with Crippen LogP contribution in [0.1, 0.15) is 35.5 Å². The van der Waals surface area contributed by atoms with E-state index in [1.165, 1.54) is 5.56 Å². The van der Waals surface area contributed by atoms with Gasteiger partial charge < -0.3 is 9.73 Å². The van der Waals surface area contributed by atoms with Crippen LogP contribution in [0.15, 0.2) is 51.6 Å². The Morgan fingerprint density at radius 1 is 1.32 bits per heavy atom. The molecule has 0 saturated carbocycles. The molecule has 116 valence electrons. The molecule has 1 fully saturated rings. The van der Waals surface area contributed by atoms with Crippen molar-refractivity contribution in [1.29, 1.82) is 0 Å². The average molecular weight is 363 g/mol. The minimum atomic E-state index is -0.148. The molecule has 1 amide bonds. The van der Waals surface area contributed by atoms with Crippen LogP contribution in [0.2, 0.25) is 0 Å². The molecule has 2 atom stereocenters. The number of likely N-dealkylation sites (tertiary alicyclic amines) is 1. The number of hydrogen-bond acceptors (Lipinski definition) is 3. The molecule has 2 heterocycles. The van der Waals surface area contributed by atoms with E-state index in [2.05, 4.69) is 57.3 Å². The van der Waals surface area contributed by atoms with Crippen LogP contribution in [-0.2, 0) is 0 Å². The highest BCUT2D eigenvalue weighted by atomic mass is 79.9. The van der Waals surface area contributed by atoms with E-state index in [1.54, 1.807) is 12.1 Å². The molecular formula is C17H19BrN2O2. The van der Waals surface area contributed by atoms with Gasteiger partial charge in [0.1, 0.15) is 0 Å². The predicted octanol–water partition coefficient (Wildman–Crippen LogP) is 3.61. The predicted molar refractivity (Wildman–Crippen MR) is 88.7 cm³/mol. The second kappa shape index (κ2) is 6.67. The number of nitrogens with zero attached hydrogens (tertiary/aromatic N) is 1. The van der Waals surface area contributed by atoms with Crippen LogP contribution in [0, 0.1) is 0 Å². The van der Waals surface area contributed by atoms with Gasteiger partial charge in [-0.25, -0.2) is 0 Å². The van der Waals surface area contributed by atoms with Crippen LogP contribution in [0.5, 0.6) is 0 Å². The summed E-state index contributed by atoms with van der Waals surface area (Å²) < 4.78 is 5.86. The molecule has 22 heavy (non-hydrogen) atoms. The zero-order valence-electron chi connectivity index (χ0n) is 12.5. The smallest absolute Gasteiger partial charge is 0.287 e. The topological polar surface area (TPSA) is 45.5 Å². The summed E-state index contributed by atoms with van der Waals surface area (Å²) in [4.78, 5) is 14.5. The van der Waals surface area contributed by atoms with E-state index in [1.807, 2.05) is 6.07 Å². The summed E-state index contributed by atoms with van der Waals surface area (Å²) in [6.07, 6.45) is 0.963. The lowest BCUT2D eigenvalue weighted by Crippen LogP contribution is -2.37. The fourth-order valence-corrected chi connectivity index (χ4v) is 3.20. The molecule has 1 saturated heterocycles. The number of halogens is 1. The normalized spacial score (nSPS) is 20.0. The number of carbonyl (C=O) groups excluding carboxylic acids is 1. The maximum Gasteiger partial charge on any atom is 0.287 e. The Kier molecular flexibility index (Phi) is 4.64. The number of rotatable bonds is 4. The number of nitrogens with one attached hydrogen (secondary N) is 1. The van der Waals surface area contributed by atoms with Crippen LogP contribution in [-0.4, -0.2) is 29.9 Å². The van der Waals surface area contributed by atoms with Gasteiger partial charge in [0.25, 0.3) is 5.91 Å². The van der Waals surface area contributed by atoms with Crippen molar-refractivity contribution in [2.24, 2.45) is 0 Å². The average Bonchev–Trinajstić information content (AvgIpc) is 3.16. The van der Waals surface area contributed by atoms with Crippen molar-refractivity contribution in [3.8, 4) is 0 Å². The van der Waals surface area contributed by atoms with Crippen LogP contribution in [0.25, 0.3) is 0 Å². The summed E-state index contributed by atoms with van der Waals surface area (Å²) in [5.41, 5.74) is 1.31. The largest absolute Gasteiger partial charge is 0.444 e. The van der Waals surface area contributed by atoms with Gasteiger partial charge in [-0.2, -0.15) is 0 Å². The third kappa shape index (κ3) is 3.42. The first-order valence-corrected chi connectivity index (χ1v) is 8.28. The van der Waals surface area contributed by atoms with Crippen molar-refractivity contribution in [3.63, 3.8) is 0 Å². The molecule has 0 bridgehead atoms. The SMILES string of the molecule is C[C@@H](c1ccccc1)N1CC[C@H](NC(=O)c2ccc(Br)o2)C1. The van der Waals surface area contributed by atoms with E-state index in [-0.39, 0.29) is 11.9 Å². The Hall–Kier alpha value is -1.59. The lowest BCUT2D eigenvalue weighted by molar-refractivity contribution is 0.0907. The summed E-state index contributed by atoms with van der Waals surface area (Å²) in [7, 11) is 0. The van der Waals surface area contributed by atoms with Crippen LogP contribution in [0.3, 0.4) is 0 Å². The van der Waals surface area contributed by atoms with Crippen LogP contribution >= 0.6 is 15.9 Å². The van der Waals surface area contributed by atoms with E-state index >= 15 is 0 Å². The van der Waals surface area contributed by atoms with Gasteiger partial charge in [-0.05, 0) is 47.0 Å². The summed E-state index contributed by atoms with van der Waals surface area (Å²) >= 11 is 3.21. The van der Waals surface area contributed by atoms with E-state index < -0.39 is 0 Å². The fourth-order valence-electron chi connectivity index (χ4n) is 2.89. The van der Waals surface area contributed by atoms with Gasteiger partial charge in [0, 0.05) is 25.2 Å². The van der Waals surface area contributed by atoms with Crippen molar-refractivity contribution < 1.29 is 9.21 Å². The number of hydrogen-bond donors (Lipinski definition) is 1. The Bertz CT molecular complexity index is 641. The highest BCUT2D eigenvalue weighted by Crippen LogP contribution is 2.24. The molecule has 0 unspecified atom stereocenters.